The first-order valence-corrected chi connectivity index (χ1v) is 11.5. The van der Waals surface area contributed by atoms with Crippen LogP contribution in [0.2, 0.25) is 0 Å². The summed E-state index contributed by atoms with van der Waals surface area (Å²) in [5.74, 6) is 0.637. The zero-order chi connectivity index (χ0) is 20.9. The van der Waals surface area contributed by atoms with Gasteiger partial charge in [0.05, 0.1) is 0 Å². The van der Waals surface area contributed by atoms with Crippen LogP contribution in [-0.4, -0.2) is 29.3 Å². The van der Waals surface area contributed by atoms with E-state index >= 15 is 0 Å². The normalized spacial score (nSPS) is 21.0. The Morgan fingerprint density at radius 3 is 2.30 bits per heavy atom. The average molecular weight is 405 g/mol. The number of hydrogen-bond donors (Lipinski definition) is 1. The van der Waals surface area contributed by atoms with Gasteiger partial charge < -0.3 is 10.2 Å². The third-order valence-electron chi connectivity index (χ3n) is 6.65. The van der Waals surface area contributed by atoms with Crippen molar-refractivity contribution in [3.05, 3.63) is 65.2 Å². The van der Waals surface area contributed by atoms with Crippen LogP contribution in [-0.2, 0) is 6.42 Å². The summed E-state index contributed by atoms with van der Waals surface area (Å²) in [6.45, 7) is 3.01. The molecule has 0 radical (unpaired) electrons. The molecule has 2 aromatic rings. The Labute approximate surface area is 179 Å². The maximum Gasteiger partial charge on any atom is 0.255 e. The molecule has 1 aliphatic carbocycles. The molecule has 0 spiro atoms. The highest BCUT2D eigenvalue weighted by atomic mass is 16.2. The average Bonchev–Trinajstić information content (AvgIpc) is 2.80. The topological polar surface area (TPSA) is 49.4 Å². The molecule has 4 rings (SSSR count). The van der Waals surface area contributed by atoms with Crippen LogP contribution in [0.3, 0.4) is 0 Å². The number of aryl methyl sites for hydroxylation is 1. The fraction of sp³-hybridized carbons (Fsp3) is 0.462. The number of hydrogen-bond acceptors (Lipinski definition) is 2. The van der Waals surface area contributed by atoms with Gasteiger partial charge in [0.15, 0.2) is 0 Å². The van der Waals surface area contributed by atoms with E-state index in [4.69, 9.17) is 0 Å². The molecule has 0 unspecified atom stereocenters. The monoisotopic (exact) mass is 404 g/mol. The molecular weight excluding hydrogens is 372 g/mol. The number of carbonyl (C=O) groups is 2. The largest absolute Gasteiger partial charge is 0.335 e. The van der Waals surface area contributed by atoms with Crippen molar-refractivity contribution in [3.63, 3.8) is 0 Å². The summed E-state index contributed by atoms with van der Waals surface area (Å²) < 4.78 is 0. The molecule has 1 saturated heterocycles. The van der Waals surface area contributed by atoms with Crippen LogP contribution < -0.4 is 5.32 Å². The number of rotatable bonds is 5. The van der Waals surface area contributed by atoms with E-state index in [1.54, 1.807) is 24.3 Å². The number of piperidine rings is 1. The quantitative estimate of drug-likeness (QED) is 0.696. The number of fused-ring (bicyclic) bond motifs is 1. The fourth-order valence-corrected chi connectivity index (χ4v) is 5.05. The van der Waals surface area contributed by atoms with Crippen molar-refractivity contribution in [1.29, 1.82) is 0 Å². The zero-order valence-electron chi connectivity index (χ0n) is 17.9. The van der Waals surface area contributed by atoms with Gasteiger partial charge in [-0.2, -0.15) is 0 Å². The van der Waals surface area contributed by atoms with Gasteiger partial charge in [0.1, 0.15) is 0 Å². The highest BCUT2D eigenvalue weighted by molar-refractivity contribution is 6.05. The molecule has 2 aromatic carbocycles. The molecule has 2 amide bonds. The molecule has 2 fully saturated rings. The number of carbonyl (C=O) groups excluding carboxylic acids is 2. The van der Waals surface area contributed by atoms with Crippen molar-refractivity contribution in [2.24, 2.45) is 5.92 Å². The summed E-state index contributed by atoms with van der Waals surface area (Å²) >= 11 is 0. The van der Waals surface area contributed by atoms with Crippen LogP contribution in [0.5, 0.6) is 0 Å². The lowest BCUT2D eigenvalue weighted by Gasteiger charge is -2.44. The van der Waals surface area contributed by atoms with Gasteiger partial charge in [0.2, 0.25) is 0 Å². The number of anilines is 1. The van der Waals surface area contributed by atoms with Crippen molar-refractivity contribution in [1.82, 2.24) is 4.90 Å². The molecule has 2 aliphatic rings. The molecule has 4 heteroatoms. The Balaban J connectivity index is 1.40. The number of benzene rings is 2. The van der Waals surface area contributed by atoms with E-state index in [-0.39, 0.29) is 11.8 Å². The number of likely N-dealkylation sites (tertiary alicyclic amines) is 1. The second kappa shape index (κ2) is 9.46. The van der Waals surface area contributed by atoms with Crippen molar-refractivity contribution >= 4 is 17.5 Å². The Morgan fingerprint density at radius 1 is 0.900 bits per heavy atom. The lowest BCUT2D eigenvalue weighted by Crippen LogP contribution is -2.49. The third kappa shape index (κ3) is 4.58. The van der Waals surface area contributed by atoms with E-state index < -0.39 is 0 Å². The highest BCUT2D eigenvalue weighted by Crippen LogP contribution is 2.35. The van der Waals surface area contributed by atoms with E-state index in [0.29, 0.717) is 23.1 Å². The molecule has 30 heavy (non-hydrogen) atoms. The van der Waals surface area contributed by atoms with Gasteiger partial charge in [-0.15, -0.1) is 0 Å². The summed E-state index contributed by atoms with van der Waals surface area (Å²) in [5.41, 5.74) is 3.31. The van der Waals surface area contributed by atoms with Crippen molar-refractivity contribution in [2.45, 2.75) is 64.3 Å². The van der Waals surface area contributed by atoms with Gasteiger partial charge in [-0.25, -0.2) is 0 Å². The number of nitrogens with zero attached hydrogens (tertiary/aromatic N) is 1. The molecule has 1 saturated carbocycles. The molecule has 1 aliphatic heterocycles. The SMILES string of the molecule is CCCc1ccc(NC(=O)c2ccc(C(=O)N3CCC[C@@H]4CCCC[C@@H]43)cc2)cc1. The number of nitrogens with one attached hydrogen (secondary N) is 1. The van der Waals surface area contributed by atoms with Crippen LogP contribution in [0, 0.1) is 5.92 Å². The predicted molar refractivity (Wildman–Crippen MR) is 121 cm³/mol. The predicted octanol–water partition coefficient (Wildman–Crippen LogP) is 5.69. The van der Waals surface area contributed by atoms with Gasteiger partial charge in [0, 0.05) is 29.4 Å². The van der Waals surface area contributed by atoms with Gasteiger partial charge in [-0.1, -0.05) is 38.3 Å². The third-order valence-corrected chi connectivity index (χ3v) is 6.65. The Hall–Kier alpha value is -2.62. The standard InChI is InChI=1S/C26H32N2O2/c1-2-6-19-10-16-23(17-11-19)27-25(29)21-12-14-22(15-13-21)26(30)28-18-5-8-20-7-3-4-9-24(20)28/h10-17,20,24H,2-9,18H2,1H3,(H,27,29)/t20-,24-/m0/s1. The van der Waals surface area contributed by atoms with Crippen LogP contribution in [0.15, 0.2) is 48.5 Å². The summed E-state index contributed by atoms with van der Waals surface area (Å²) in [7, 11) is 0. The molecule has 1 heterocycles. The van der Waals surface area contributed by atoms with E-state index in [9.17, 15) is 9.59 Å². The highest BCUT2D eigenvalue weighted by Gasteiger charge is 2.35. The van der Waals surface area contributed by atoms with Crippen LogP contribution in [0.4, 0.5) is 5.69 Å². The zero-order valence-corrected chi connectivity index (χ0v) is 17.9. The minimum atomic E-state index is -0.150. The van der Waals surface area contributed by atoms with E-state index in [1.165, 1.54) is 31.2 Å². The smallest absolute Gasteiger partial charge is 0.255 e. The van der Waals surface area contributed by atoms with Crippen LogP contribution in [0.25, 0.3) is 0 Å². The molecule has 2 atom stereocenters. The first kappa shape index (κ1) is 20.6. The summed E-state index contributed by atoms with van der Waals surface area (Å²) in [5, 5.41) is 2.94. The van der Waals surface area contributed by atoms with Crippen molar-refractivity contribution in [3.8, 4) is 0 Å². The first-order chi connectivity index (χ1) is 14.7. The van der Waals surface area contributed by atoms with Crippen molar-refractivity contribution in [2.75, 3.05) is 11.9 Å². The molecule has 4 nitrogen and oxygen atoms in total. The summed E-state index contributed by atoms with van der Waals surface area (Å²) in [6, 6.07) is 15.5. The molecule has 158 valence electrons. The minimum Gasteiger partial charge on any atom is -0.335 e. The fourth-order valence-electron chi connectivity index (χ4n) is 5.05. The Bertz CT molecular complexity index is 871. The minimum absolute atomic E-state index is 0.116. The molecule has 0 aromatic heterocycles. The number of amides is 2. The van der Waals surface area contributed by atoms with Crippen molar-refractivity contribution < 1.29 is 9.59 Å². The maximum atomic E-state index is 13.1. The van der Waals surface area contributed by atoms with E-state index in [1.807, 2.05) is 12.1 Å². The maximum absolute atomic E-state index is 13.1. The molecular formula is C26H32N2O2. The second-order valence-corrected chi connectivity index (χ2v) is 8.73. The van der Waals surface area contributed by atoms with Gasteiger partial charge in [-0.05, 0) is 80.0 Å². The molecule has 1 N–H and O–H groups in total. The van der Waals surface area contributed by atoms with E-state index in [2.05, 4.69) is 29.3 Å². The Kier molecular flexibility index (Phi) is 6.51. The van der Waals surface area contributed by atoms with Gasteiger partial charge in [0.25, 0.3) is 11.8 Å². The Morgan fingerprint density at radius 2 is 1.57 bits per heavy atom. The second-order valence-electron chi connectivity index (χ2n) is 8.73. The first-order valence-electron chi connectivity index (χ1n) is 11.5. The van der Waals surface area contributed by atoms with E-state index in [0.717, 1.165) is 37.9 Å². The molecule has 0 bridgehead atoms. The van der Waals surface area contributed by atoms with Gasteiger partial charge in [-0.3, -0.25) is 9.59 Å². The lowest BCUT2D eigenvalue weighted by atomic mass is 9.78. The summed E-state index contributed by atoms with van der Waals surface area (Å²) in [6.07, 6.45) is 9.42. The van der Waals surface area contributed by atoms with Crippen LogP contribution in [0.1, 0.15) is 78.1 Å². The summed E-state index contributed by atoms with van der Waals surface area (Å²) in [4.78, 5) is 27.8. The van der Waals surface area contributed by atoms with Gasteiger partial charge >= 0.3 is 0 Å². The van der Waals surface area contributed by atoms with Crippen LogP contribution >= 0.6 is 0 Å². The lowest BCUT2D eigenvalue weighted by molar-refractivity contribution is 0.0390.